The zero-order chi connectivity index (χ0) is 34.9. The molecule has 0 aliphatic carbocycles. The number of nitrogens with one attached hydrogen (secondary N) is 2. The molecule has 0 heterocycles. The predicted octanol–water partition coefficient (Wildman–Crippen LogP) is 11.7. The summed E-state index contributed by atoms with van der Waals surface area (Å²) in [5, 5.41) is 17.7. The van der Waals surface area contributed by atoms with Crippen LogP contribution >= 0.6 is 0 Å². The Kier molecular flexibility index (Phi) is 8.51. The van der Waals surface area contributed by atoms with E-state index in [0.29, 0.717) is 6.54 Å². The van der Waals surface area contributed by atoms with Crippen molar-refractivity contribution >= 4 is 43.1 Å². The van der Waals surface area contributed by atoms with E-state index >= 15 is 0 Å². The van der Waals surface area contributed by atoms with E-state index in [1.807, 2.05) is 0 Å². The summed E-state index contributed by atoms with van der Waals surface area (Å²) in [5.74, 6) is 0. The van der Waals surface area contributed by atoms with Gasteiger partial charge in [0.15, 0.2) is 0 Å². The molecule has 0 aromatic heterocycles. The van der Waals surface area contributed by atoms with Gasteiger partial charge in [0.1, 0.15) is 0 Å². The Morgan fingerprint density at radius 2 is 1.04 bits per heavy atom. The van der Waals surface area contributed by atoms with Crippen LogP contribution in [0.25, 0.3) is 65.3 Å². The maximum absolute atomic E-state index is 7.22. The molecule has 0 amide bonds. The van der Waals surface area contributed by atoms with Crippen LogP contribution in [-0.2, 0) is 6.54 Å². The molecule has 0 saturated carbocycles. The van der Waals surface area contributed by atoms with Crippen molar-refractivity contribution in [1.82, 2.24) is 10.6 Å². The Bertz CT molecular complexity index is 2690. The van der Waals surface area contributed by atoms with Crippen LogP contribution < -0.4 is 16.4 Å². The van der Waals surface area contributed by atoms with Gasteiger partial charge in [-0.05, 0) is 94.2 Å². The number of benzene rings is 9. The normalized spacial score (nSPS) is 12.8. The molecule has 250 valence electrons. The van der Waals surface area contributed by atoms with Crippen LogP contribution in [0, 0.1) is 0 Å². The Balaban J connectivity index is 1.16. The van der Waals surface area contributed by atoms with E-state index in [9.17, 15) is 0 Å². The second-order valence-electron chi connectivity index (χ2n) is 13.5. The quantitative estimate of drug-likeness (QED) is 0.0814. The van der Waals surface area contributed by atoms with Crippen LogP contribution in [0.4, 0.5) is 0 Å². The molecule has 9 aromatic carbocycles. The van der Waals surface area contributed by atoms with Crippen molar-refractivity contribution in [2.24, 2.45) is 5.73 Å². The molecule has 0 spiro atoms. The van der Waals surface area contributed by atoms with E-state index in [1.165, 1.54) is 65.3 Å². The van der Waals surface area contributed by atoms with Crippen molar-refractivity contribution in [3.8, 4) is 22.3 Å². The van der Waals surface area contributed by atoms with Crippen molar-refractivity contribution in [3.63, 3.8) is 0 Å². The third-order valence-electron chi connectivity index (χ3n) is 10.4. The maximum atomic E-state index is 7.22. The SMILES string of the molecule is NC(NC(NCc1cccc(-c2cccc3ccccc23)c1)c1c2ccccc2cc2c1ccc1ccccc12)c1ccccc1-c1ccccc1. The van der Waals surface area contributed by atoms with Gasteiger partial charge >= 0.3 is 0 Å². The average molecular weight is 670 g/mol. The third-order valence-corrected chi connectivity index (χ3v) is 10.4. The van der Waals surface area contributed by atoms with Crippen LogP contribution in [0.1, 0.15) is 29.0 Å². The highest BCUT2D eigenvalue weighted by molar-refractivity contribution is 6.14. The number of hydrogen-bond donors (Lipinski definition) is 3. The molecule has 0 radical (unpaired) electrons. The predicted molar refractivity (Wildman–Crippen MR) is 220 cm³/mol. The van der Waals surface area contributed by atoms with Gasteiger partial charge in [-0.1, -0.05) is 176 Å². The van der Waals surface area contributed by atoms with E-state index in [1.54, 1.807) is 0 Å². The fourth-order valence-electron chi connectivity index (χ4n) is 7.87. The summed E-state index contributed by atoms with van der Waals surface area (Å²) in [5.41, 5.74) is 15.4. The lowest BCUT2D eigenvalue weighted by Gasteiger charge is -2.29. The van der Waals surface area contributed by atoms with Crippen LogP contribution in [-0.4, -0.2) is 0 Å². The van der Waals surface area contributed by atoms with Gasteiger partial charge in [0.25, 0.3) is 0 Å². The van der Waals surface area contributed by atoms with Crippen molar-refractivity contribution in [2.45, 2.75) is 18.9 Å². The minimum absolute atomic E-state index is 0.283. The first-order chi connectivity index (χ1) is 25.7. The first-order valence-corrected chi connectivity index (χ1v) is 18.0. The van der Waals surface area contributed by atoms with Gasteiger partial charge in [-0.2, -0.15) is 0 Å². The average Bonchev–Trinajstić information content (AvgIpc) is 3.21. The fraction of sp³-hybridized carbons (Fsp3) is 0.0612. The molecular weight excluding hydrogens is 631 g/mol. The lowest BCUT2D eigenvalue weighted by molar-refractivity contribution is 0.390. The Morgan fingerprint density at radius 3 is 1.88 bits per heavy atom. The van der Waals surface area contributed by atoms with Gasteiger partial charge in [-0.3, -0.25) is 10.6 Å². The molecule has 3 heteroatoms. The van der Waals surface area contributed by atoms with Crippen molar-refractivity contribution < 1.29 is 0 Å². The zero-order valence-electron chi connectivity index (χ0n) is 28.8. The molecule has 9 aromatic rings. The van der Waals surface area contributed by atoms with E-state index in [-0.39, 0.29) is 6.17 Å². The topological polar surface area (TPSA) is 50.1 Å². The van der Waals surface area contributed by atoms with Gasteiger partial charge in [-0.25, -0.2) is 0 Å². The number of hydrogen-bond acceptors (Lipinski definition) is 3. The van der Waals surface area contributed by atoms with Crippen LogP contribution in [0.3, 0.4) is 0 Å². The molecular formula is C49H39N3. The standard InChI is InChI=1S/C49H39N3/c50-48(45-26-11-10-23-40(45)34-15-2-1-3-16-34)52-49(51-32-33-14-12-21-37(30-33)42-27-13-20-35-17-4-7-22-39(35)42)47-43-25-9-6-19-38(43)31-46-41-24-8-5-18-36(41)28-29-44(46)47/h1-31,48-49,51-52H,32,50H2. The highest BCUT2D eigenvalue weighted by Crippen LogP contribution is 2.37. The molecule has 4 N–H and O–H groups in total. The van der Waals surface area contributed by atoms with Crippen LogP contribution in [0.2, 0.25) is 0 Å². The van der Waals surface area contributed by atoms with Crippen LogP contribution in [0.5, 0.6) is 0 Å². The summed E-state index contributed by atoms with van der Waals surface area (Å²) in [4.78, 5) is 0. The van der Waals surface area contributed by atoms with E-state index in [2.05, 4.69) is 199 Å². The van der Waals surface area contributed by atoms with Crippen molar-refractivity contribution in [1.29, 1.82) is 0 Å². The molecule has 0 saturated heterocycles. The molecule has 0 fully saturated rings. The van der Waals surface area contributed by atoms with Gasteiger partial charge in [0.05, 0.1) is 12.3 Å². The van der Waals surface area contributed by atoms with Gasteiger partial charge in [0.2, 0.25) is 0 Å². The molecule has 2 unspecified atom stereocenters. The maximum Gasteiger partial charge on any atom is 0.0864 e. The largest absolute Gasteiger partial charge is 0.312 e. The lowest BCUT2D eigenvalue weighted by atomic mass is 9.91. The minimum Gasteiger partial charge on any atom is -0.312 e. The molecule has 0 aliphatic heterocycles. The van der Waals surface area contributed by atoms with Gasteiger partial charge in [-0.15, -0.1) is 0 Å². The van der Waals surface area contributed by atoms with Crippen molar-refractivity contribution in [3.05, 3.63) is 205 Å². The number of nitrogens with two attached hydrogens (primary N) is 1. The first-order valence-electron chi connectivity index (χ1n) is 18.0. The van der Waals surface area contributed by atoms with Gasteiger partial charge in [0, 0.05) is 6.54 Å². The molecule has 52 heavy (non-hydrogen) atoms. The van der Waals surface area contributed by atoms with Gasteiger partial charge < -0.3 is 5.73 Å². The summed E-state index contributed by atoms with van der Waals surface area (Å²) in [6.07, 6.45) is -0.736. The summed E-state index contributed by atoms with van der Waals surface area (Å²) in [6.45, 7) is 0.640. The summed E-state index contributed by atoms with van der Waals surface area (Å²) in [6, 6.07) is 67.2. The van der Waals surface area contributed by atoms with E-state index in [0.717, 1.165) is 16.7 Å². The fourth-order valence-corrected chi connectivity index (χ4v) is 7.87. The van der Waals surface area contributed by atoms with Crippen molar-refractivity contribution in [2.75, 3.05) is 0 Å². The molecule has 0 aliphatic rings. The second kappa shape index (κ2) is 13.9. The highest BCUT2D eigenvalue weighted by Gasteiger charge is 2.23. The third kappa shape index (κ3) is 6.01. The number of rotatable bonds is 9. The summed E-state index contributed by atoms with van der Waals surface area (Å²) in [7, 11) is 0. The van der Waals surface area contributed by atoms with Crippen LogP contribution in [0.15, 0.2) is 188 Å². The number of fused-ring (bicyclic) bond motifs is 5. The minimum atomic E-state index is -0.453. The Labute approximate surface area is 304 Å². The summed E-state index contributed by atoms with van der Waals surface area (Å²) < 4.78 is 0. The summed E-state index contributed by atoms with van der Waals surface area (Å²) >= 11 is 0. The Hall–Kier alpha value is -6.10. The monoisotopic (exact) mass is 669 g/mol. The highest BCUT2D eigenvalue weighted by atomic mass is 15.2. The van der Waals surface area contributed by atoms with E-state index in [4.69, 9.17) is 5.73 Å². The van der Waals surface area contributed by atoms with E-state index < -0.39 is 6.17 Å². The molecule has 2 atom stereocenters. The molecule has 3 nitrogen and oxygen atoms in total. The Morgan fingerprint density at radius 1 is 0.423 bits per heavy atom. The molecule has 0 bridgehead atoms. The first kappa shape index (κ1) is 31.9. The zero-order valence-corrected chi connectivity index (χ0v) is 28.8. The lowest BCUT2D eigenvalue weighted by Crippen LogP contribution is -2.40. The smallest absolute Gasteiger partial charge is 0.0864 e. The molecule has 9 rings (SSSR count). The second-order valence-corrected chi connectivity index (χ2v) is 13.5.